The number of likely N-dealkylation sites (N-methyl/N-ethyl adjacent to an activating group) is 1. The lowest BCUT2D eigenvalue weighted by atomic mass is 9.90. The number of hydrogen-bond acceptors (Lipinski definition) is 4. The highest BCUT2D eigenvalue weighted by Crippen LogP contribution is 2.35. The zero-order valence-corrected chi connectivity index (χ0v) is 13.1. The van der Waals surface area contributed by atoms with Crippen LogP contribution in [0.5, 0.6) is 11.5 Å². The first-order valence-electron chi connectivity index (χ1n) is 7.60. The summed E-state index contributed by atoms with van der Waals surface area (Å²) in [5.74, 6) is 1.75. The zero-order chi connectivity index (χ0) is 15.3. The Morgan fingerprint density at radius 2 is 2.29 bits per heavy atom. The lowest BCUT2D eigenvalue weighted by Gasteiger charge is -2.15. The second kappa shape index (κ2) is 6.82. The fraction of sp³-hybridized carbons (Fsp3) is 0.588. The van der Waals surface area contributed by atoms with Gasteiger partial charge in [0.25, 0.3) is 0 Å². The summed E-state index contributed by atoms with van der Waals surface area (Å²) < 4.78 is 11.5. The number of nitrogens with one attached hydrogen (secondary N) is 1. The molecule has 0 aromatic heterocycles. The van der Waals surface area contributed by atoms with Gasteiger partial charge in [-0.1, -0.05) is 6.92 Å². The van der Waals surface area contributed by atoms with E-state index >= 15 is 0 Å². The summed E-state index contributed by atoms with van der Waals surface area (Å²) in [7, 11) is 0. The first-order valence-corrected chi connectivity index (χ1v) is 7.60. The van der Waals surface area contributed by atoms with Crippen LogP contribution in [-0.4, -0.2) is 19.8 Å². The van der Waals surface area contributed by atoms with E-state index in [1.165, 1.54) is 5.56 Å². The molecule has 1 aromatic carbocycles. The van der Waals surface area contributed by atoms with Gasteiger partial charge in [0.15, 0.2) is 0 Å². The van der Waals surface area contributed by atoms with Crippen LogP contribution >= 0.6 is 0 Å². The fourth-order valence-corrected chi connectivity index (χ4v) is 2.46. The second-order valence-corrected chi connectivity index (χ2v) is 6.07. The Kier molecular flexibility index (Phi) is 5.08. The van der Waals surface area contributed by atoms with E-state index in [9.17, 15) is 0 Å². The SMILES string of the molecule is CCNC1COc2cc(OCCCC(C)(C)C#N)ccc21. The molecular formula is C17H24N2O2. The van der Waals surface area contributed by atoms with Gasteiger partial charge in [-0.15, -0.1) is 0 Å². The van der Waals surface area contributed by atoms with E-state index in [2.05, 4.69) is 24.4 Å². The quantitative estimate of drug-likeness (QED) is 0.781. The number of ether oxygens (including phenoxy) is 2. The Bertz CT molecular complexity index is 520. The summed E-state index contributed by atoms with van der Waals surface area (Å²) >= 11 is 0. The molecule has 0 saturated heterocycles. The topological polar surface area (TPSA) is 54.3 Å². The van der Waals surface area contributed by atoms with Crippen LogP contribution in [0.3, 0.4) is 0 Å². The van der Waals surface area contributed by atoms with Crippen molar-refractivity contribution in [2.75, 3.05) is 19.8 Å². The predicted molar refractivity (Wildman–Crippen MR) is 82.5 cm³/mol. The Hall–Kier alpha value is -1.73. The maximum Gasteiger partial charge on any atom is 0.127 e. The third-order valence-corrected chi connectivity index (χ3v) is 3.73. The maximum absolute atomic E-state index is 8.97. The van der Waals surface area contributed by atoms with Gasteiger partial charge in [-0.3, -0.25) is 0 Å². The molecule has 0 radical (unpaired) electrons. The zero-order valence-electron chi connectivity index (χ0n) is 13.1. The first kappa shape index (κ1) is 15.7. The van der Waals surface area contributed by atoms with Gasteiger partial charge in [-0.05, 0) is 45.4 Å². The van der Waals surface area contributed by atoms with Crippen LogP contribution in [0.1, 0.15) is 45.2 Å². The van der Waals surface area contributed by atoms with Crippen LogP contribution in [0.4, 0.5) is 0 Å². The molecule has 1 unspecified atom stereocenters. The highest BCUT2D eigenvalue weighted by molar-refractivity contribution is 5.45. The van der Waals surface area contributed by atoms with Crippen molar-refractivity contribution in [1.82, 2.24) is 5.32 Å². The minimum absolute atomic E-state index is 0.274. The van der Waals surface area contributed by atoms with Crippen molar-refractivity contribution >= 4 is 0 Å². The molecule has 1 atom stereocenters. The maximum atomic E-state index is 8.97. The van der Waals surface area contributed by atoms with Crippen molar-refractivity contribution < 1.29 is 9.47 Å². The molecule has 2 rings (SSSR count). The second-order valence-electron chi connectivity index (χ2n) is 6.07. The number of benzene rings is 1. The molecule has 1 N–H and O–H groups in total. The van der Waals surface area contributed by atoms with E-state index in [-0.39, 0.29) is 11.5 Å². The Morgan fingerprint density at radius 3 is 3.00 bits per heavy atom. The summed E-state index contributed by atoms with van der Waals surface area (Å²) in [4.78, 5) is 0. The molecule has 0 bridgehead atoms. The minimum atomic E-state index is -0.274. The third kappa shape index (κ3) is 4.12. The summed E-state index contributed by atoms with van der Waals surface area (Å²) in [6, 6.07) is 8.62. The van der Waals surface area contributed by atoms with Crippen LogP contribution in [0, 0.1) is 16.7 Å². The molecule has 0 spiro atoms. The molecule has 0 saturated carbocycles. The highest BCUT2D eigenvalue weighted by atomic mass is 16.5. The average molecular weight is 288 g/mol. The van der Waals surface area contributed by atoms with Crippen molar-refractivity contribution in [3.05, 3.63) is 23.8 Å². The van der Waals surface area contributed by atoms with Crippen LogP contribution in [0.25, 0.3) is 0 Å². The van der Waals surface area contributed by atoms with Gasteiger partial charge in [-0.2, -0.15) is 5.26 Å². The normalized spacial score (nSPS) is 17.0. The van der Waals surface area contributed by atoms with Crippen molar-refractivity contribution in [1.29, 1.82) is 5.26 Å². The molecule has 0 fully saturated rings. The Labute approximate surface area is 127 Å². The summed E-state index contributed by atoms with van der Waals surface area (Å²) in [6.07, 6.45) is 1.71. The van der Waals surface area contributed by atoms with Gasteiger partial charge in [-0.25, -0.2) is 0 Å². The summed E-state index contributed by atoms with van der Waals surface area (Å²) in [5.41, 5.74) is 0.929. The van der Waals surface area contributed by atoms with Crippen molar-refractivity contribution in [3.8, 4) is 17.6 Å². The smallest absolute Gasteiger partial charge is 0.127 e. The van der Waals surface area contributed by atoms with E-state index < -0.39 is 0 Å². The average Bonchev–Trinajstić information content (AvgIpc) is 2.87. The lowest BCUT2D eigenvalue weighted by molar-refractivity contribution is 0.281. The molecular weight excluding hydrogens is 264 g/mol. The van der Waals surface area contributed by atoms with Gasteiger partial charge in [0, 0.05) is 11.6 Å². The molecule has 1 aromatic rings. The van der Waals surface area contributed by atoms with Crippen LogP contribution in [-0.2, 0) is 0 Å². The van der Waals surface area contributed by atoms with Gasteiger partial charge in [0.05, 0.1) is 24.1 Å². The number of hydrogen-bond donors (Lipinski definition) is 1. The molecule has 21 heavy (non-hydrogen) atoms. The molecule has 4 heteroatoms. The summed E-state index contributed by atoms with van der Waals surface area (Å²) in [6.45, 7) is 8.25. The Balaban J connectivity index is 1.85. The number of fused-ring (bicyclic) bond motifs is 1. The third-order valence-electron chi connectivity index (χ3n) is 3.73. The monoisotopic (exact) mass is 288 g/mol. The number of nitriles is 1. The summed E-state index contributed by atoms with van der Waals surface area (Å²) in [5, 5.41) is 12.4. The van der Waals surface area contributed by atoms with Crippen molar-refractivity contribution in [2.24, 2.45) is 5.41 Å². The Morgan fingerprint density at radius 1 is 1.48 bits per heavy atom. The lowest BCUT2D eigenvalue weighted by Crippen LogP contribution is -2.21. The number of nitrogens with zero attached hydrogens (tertiary/aromatic N) is 1. The van der Waals surface area contributed by atoms with Crippen LogP contribution in [0.15, 0.2) is 18.2 Å². The van der Waals surface area contributed by atoms with E-state index in [0.717, 1.165) is 30.9 Å². The molecule has 0 aliphatic carbocycles. The van der Waals surface area contributed by atoms with Crippen LogP contribution < -0.4 is 14.8 Å². The first-order chi connectivity index (χ1) is 10.1. The molecule has 1 aliphatic rings. The standard InChI is InChI=1S/C17H24N2O2/c1-4-19-15-11-21-16-10-13(6-7-14(15)16)20-9-5-8-17(2,3)12-18/h6-7,10,15,19H,4-5,8-9,11H2,1-3H3. The van der Waals surface area contributed by atoms with Gasteiger partial charge in [0.2, 0.25) is 0 Å². The van der Waals surface area contributed by atoms with E-state index in [0.29, 0.717) is 13.2 Å². The van der Waals surface area contributed by atoms with E-state index in [4.69, 9.17) is 14.7 Å². The van der Waals surface area contributed by atoms with Crippen molar-refractivity contribution in [3.63, 3.8) is 0 Å². The van der Waals surface area contributed by atoms with Gasteiger partial charge >= 0.3 is 0 Å². The predicted octanol–water partition coefficient (Wildman–Crippen LogP) is 3.44. The molecule has 114 valence electrons. The van der Waals surface area contributed by atoms with E-state index in [1.807, 2.05) is 26.0 Å². The van der Waals surface area contributed by atoms with Gasteiger partial charge in [0.1, 0.15) is 18.1 Å². The molecule has 0 amide bonds. The highest BCUT2D eigenvalue weighted by Gasteiger charge is 2.23. The van der Waals surface area contributed by atoms with E-state index in [1.54, 1.807) is 0 Å². The fourth-order valence-electron chi connectivity index (χ4n) is 2.46. The number of rotatable bonds is 7. The minimum Gasteiger partial charge on any atom is -0.493 e. The van der Waals surface area contributed by atoms with Crippen molar-refractivity contribution in [2.45, 2.75) is 39.7 Å². The largest absolute Gasteiger partial charge is 0.493 e. The molecule has 4 nitrogen and oxygen atoms in total. The van der Waals surface area contributed by atoms with Crippen LogP contribution in [0.2, 0.25) is 0 Å². The molecule has 1 heterocycles. The van der Waals surface area contributed by atoms with Gasteiger partial charge < -0.3 is 14.8 Å². The molecule has 1 aliphatic heterocycles.